The molecule has 0 nitrogen and oxygen atoms in total. The average molecular weight is 238 g/mol. The standard InChI is InChI=1S/C9H11.2ClH.Ti/c1-2-5-9-7-3-6-8(9)4-1;;;/h3,6-7H,1-2,4-5H2;2*1H;/q-1;;;+2/p-2. The van der Waals surface area contributed by atoms with Crippen molar-refractivity contribution in [1.29, 1.82) is 0 Å². The molecule has 12 heavy (non-hydrogen) atoms. The fourth-order valence-corrected chi connectivity index (χ4v) is 1.61. The summed E-state index contributed by atoms with van der Waals surface area (Å²) in [7, 11) is 9.78. The number of rotatable bonds is 0. The molecule has 0 N–H and O–H groups in total. The van der Waals surface area contributed by atoms with Crippen LogP contribution < -0.4 is 0 Å². The molecule has 1 aliphatic rings. The van der Waals surface area contributed by atoms with Gasteiger partial charge in [-0.25, -0.2) is 6.07 Å². The van der Waals surface area contributed by atoms with Crippen LogP contribution in [0, 0.1) is 0 Å². The van der Waals surface area contributed by atoms with Crippen LogP contribution in [0.3, 0.4) is 0 Å². The summed E-state index contributed by atoms with van der Waals surface area (Å²) in [5.41, 5.74) is 3.20. The van der Waals surface area contributed by atoms with Gasteiger partial charge in [0.25, 0.3) is 0 Å². The van der Waals surface area contributed by atoms with Crippen molar-refractivity contribution in [2.24, 2.45) is 0 Å². The van der Waals surface area contributed by atoms with Crippen molar-refractivity contribution in [3.8, 4) is 0 Å². The molecule has 0 aromatic heterocycles. The molecular formula is C9H11Cl2Ti-. The third-order valence-corrected chi connectivity index (χ3v) is 2.15. The summed E-state index contributed by atoms with van der Waals surface area (Å²) in [5.74, 6) is 0. The minimum atomic E-state index is -0.556. The van der Waals surface area contributed by atoms with Gasteiger partial charge in [0.05, 0.1) is 0 Å². The quantitative estimate of drug-likeness (QED) is 0.477. The first-order chi connectivity index (χ1) is 5.88. The Morgan fingerprint density at radius 2 is 1.92 bits per heavy atom. The number of halogens is 2. The number of fused-ring (bicyclic) bond motifs is 1. The van der Waals surface area contributed by atoms with Gasteiger partial charge in [0.15, 0.2) is 0 Å². The van der Waals surface area contributed by atoms with Gasteiger partial charge in [0.1, 0.15) is 0 Å². The number of hydrogen-bond donors (Lipinski definition) is 0. The minimum Gasteiger partial charge on any atom is -0.210 e. The molecule has 0 spiro atoms. The van der Waals surface area contributed by atoms with E-state index in [1.54, 1.807) is 11.1 Å². The molecule has 0 saturated carbocycles. The maximum atomic E-state index is 4.89. The van der Waals surface area contributed by atoms with Crippen LogP contribution in [0.1, 0.15) is 24.0 Å². The third-order valence-electron chi connectivity index (χ3n) is 2.15. The van der Waals surface area contributed by atoms with Crippen LogP contribution in [0.4, 0.5) is 0 Å². The van der Waals surface area contributed by atoms with Gasteiger partial charge in [-0.3, -0.25) is 0 Å². The molecular weight excluding hydrogens is 227 g/mol. The maximum absolute atomic E-state index is 4.89. The summed E-state index contributed by atoms with van der Waals surface area (Å²) in [5, 5.41) is 0. The van der Waals surface area contributed by atoms with Gasteiger partial charge >= 0.3 is 35.6 Å². The molecule has 0 amide bonds. The zero-order valence-electron chi connectivity index (χ0n) is 6.82. The van der Waals surface area contributed by atoms with Crippen molar-refractivity contribution in [3.05, 3.63) is 29.3 Å². The second kappa shape index (κ2) is 6.15. The summed E-state index contributed by atoms with van der Waals surface area (Å²) in [6, 6.07) is 6.69. The molecule has 0 unspecified atom stereocenters. The Balaban J connectivity index is 0.000000213. The molecule has 2 rings (SSSR count). The predicted molar refractivity (Wildman–Crippen MR) is 50.4 cm³/mol. The fraction of sp³-hybridized carbons (Fsp3) is 0.444. The van der Waals surface area contributed by atoms with E-state index in [2.05, 4.69) is 18.2 Å². The molecule has 0 bridgehead atoms. The minimum absolute atomic E-state index is 0.556. The largest absolute Gasteiger partial charge is 0.210 e. The first-order valence-corrected chi connectivity index (χ1v) is 8.38. The van der Waals surface area contributed by atoms with Crippen LogP contribution in [0.5, 0.6) is 0 Å². The van der Waals surface area contributed by atoms with E-state index in [1.165, 1.54) is 25.7 Å². The summed E-state index contributed by atoms with van der Waals surface area (Å²) in [6.45, 7) is 0. The van der Waals surface area contributed by atoms with Gasteiger partial charge in [-0.05, 0) is 0 Å². The molecule has 0 fully saturated rings. The second-order valence-electron chi connectivity index (χ2n) is 2.85. The van der Waals surface area contributed by atoms with Gasteiger partial charge in [-0.2, -0.15) is 23.3 Å². The van der Waals surface area contributed by atoms with Gasteiger partial charge in [-0.1, -0.05) is 25.7 Å². The molecule has 66 valence electrons. The van der Waals surface area contributed by atoms with E-state index in [0.717, 1.165) is 0 Å². The van der Waals surface area contributed by atoms with E-state index in [-0.39, 0.29) is 0 Å². The van der Waals surface area contributed by atoms with Crippen LogP contribution >= 0.6 is 18.6 Å². The van der Waals surface area contributed by atoms with Crippen LogP contribution in [-0.4, -0.2) is 0 Å². The SMILES string of the molecule is [Cl][Ti][Cl].c1cc2c([cH-]1)CCCC2. The van der Waals surface area contributed by atoms with Crippen LogP contribution in [0.25, 0.3) is 0 Å². The van der Waals surface area contributed by atoms with Gasteiger partial charge in [0, 0.05) is 0 Å². The van der Waals surface area contributed by atoms with Crippen molar-refractivity contribution in [1.82, 2.24) is 0 Å². The zero-order valence-corrected chi connectivity index (χ0v) is 9.89. The molecule has 0 atom stereocenters. The Kier molecular flexibility index (Phi) is 5.50. The van der Waals surface area contributed by atoms with Crippen LogP contribution in [-0.2, 0) is 29.9 Å². The van der Waals surface area contributed by atoms with E-state index >= 15 is 0 Å². The molecule has 0 saturated heterocycles. The molecule has 0 heterocycles. The second-order valence-corrected chi connectivity index (χ2v) is 5.43. The van der Waals surface area contributed by atoms with Gasteiger partial charge < -0.3 is 0 Å². The molecule has 1 aromatic carbocycles. The summed E-state index contributed by atoms with van der Waals surface area (Å²) >= 11 is -0.556. The van der Waals surface area contributed by atoms with Crippen molar-refractivity contribution in [2.45, 2.75) is 25.7 Å². The fourth-order valence-electron chi connectivity index (χ4n) is 1.61. The van der Waals surface area contributed by atoms with E-state index in [0.29, 0.717) is 0 Å². The van der Waals surface area contributed by atoms with Gasteiger partial charge in [-0.15, -0.1) is 0 Å². The normalized spacial score (nSPS) is 14.2. The number of aryl methyl sites for hydroxylation is 2. The zero-order chi connectivity index (χ0) is 8.81. The predicted octanol–water partition coefficient (Wildman–Crippen LogP) is 3.66. The smallest absolute Gasteiger partial charge is 0.0512 e. The van der Waals surface area contributed by atoms with Crippen LogP contribution in [0.15, 0.2) is 18.2 Å². The first-order valence-electron chi connectivity index (χ1n) is 4.08. The Morgan fingerprint density at radius 1 is 1.25 bits per heavy atom. The topological polar surface area (TPSA) is 0 Å². The molecule has 1 aromatic rings. The van der Waals surface area contributed by atoms with E-state index < -0.39 is 17.0 Å². The summed E-state index contributed by atoms with van der Waals surface area (Å²) in [4.78, 5) is 0. The Bertz CT molecular complexity index is 200. The van der Waals surface area contributed by atoms with E-state index in [4.69, 9.17) is 18.6 Å². The summed E-state index contributed by atoms with van der Waals surface area (Å²) in [6.07, 6.45) is 5.44. The van der Waals surface area contributed by atoms with Gasteiger partial charge in [0.2, 0.25) is 0 Å². The Labute approximate surface area is 90.3 Å². The molecule has 0 radical (unpaired) electrons. The van der Waals surface area contributed by atoms with Crippen molar-refractivity contribution in [2.75, 3.05) is 0 Å². The maximum Gasteiger partial charge on any atom is -0.0512 e. The monoisotopic (exact) mass is 237 g/mol. The van der Waals surface area contributed by atoms with E-state index in [9.17, 15) is 0 Å². The average Bonchev–Trinajstić information content (AvgIpc) is 2.52. The Hall–Kier alpha value is 0.644. The van der Waals surface area contributed by atoms with E-state index in [1.807, 2.05) is 0 Å². The Morgan fingerprint density at radius 3 is 2.58 bits per heavy atom. The molecule has 1 aliphatic carbocycles. The molecule has 0 aliphatic heterocycles. The molecule has 3 heteroatoms. The first kappa shape index (κ1) is 10.7. The van der Waals surface area contributed by atoms with Crippen molar-refractivity contribution in [3.63, 3.8) is 0 Å². The third kappa shape index (κ3) is 3.18. The van der Waals surface area contributed by atoms with Crippen molar-refractivity contribution >= 4 is 18.6 Å². The van der Waals surface area contributed by atoms with Crippen molar-refractivity contribution < 1.29 is 17.0 Å². The summed E-state index contributed by atoms with van der Waals surface area (Å²) < 4.78 is 0. The van der Waals surface area contributed by atoms with Crippen LogP contribution in [0.2, 0.25) is 0 Å². The number of hydrogen-bond acceptors (Lipinski definition) is 0.